The van der Waals surface area contributed by atoms with Gasteiger partial charge in [0.2, 0.25) is 0 Å². The molecule has 0 unspecified atom stereocenters. The molecule has 0 N–H and O–H groups in total. The highest BCUT2D eigenvalue weighted by Crippen LogP contribution is 2.23. The normalized spacial score (nSPS) is 15.1. The van der Waals surface area contributed by atoms with Gasteiger partial charge < -0.3 is 10.3 Å². The van der Waals surface area contributed by atoms with Crippen LogP contribution >= 0.6 is 0 Å². The van der Waals surface area contributed by atoms with Gasteiger partial charge in [0, 0.05) is 6.54 Å². The molecule has 0 saturated carbocycles. The second-order valence-corrected chi connectivity index (χ2v) is 4.15. The lowest BCUT2D eigenvalue weighted by Crippen LogP contribution is -2.11. The Morgan fingerprint density at radius 3 is 2.65 bits per heavy atom. The highest BCUT2D eigenvalue weighted by Gasteiger charge is 2.02. The van der Waals surface area contributed by atoms with E-state index in [1.54, 1.807) is 6.20 Å². The number of fused-ring (bicyclic) bond motifs is 1. The average molecular weight is 222 g/mol. The van der Waals surface area contributed by atoms with Gasteiger partial charge in [0.15, 0.2) is 0 Å². The molecule has 2 aromatic rings. The standard InChI is InChI=1S/C15H12NO/c17-16-9-3-6-15(11-16)14-8-7-12-4-1-2-5-13(12)10-14/h1-8,10-11H,9H2/q-1. The van der Waals surface area contributed by atoms with Crippen LogP contribution in [0.4, 0.5) is 0 Å². The first-order chi connectivity index (χ1) is 8.33. The van der Waals surface area contributed by atoms with E-state index in [0.29, 0.717) is 6.54 Å². The average Bonchev–Trinajstić information content (AvgIpc) is 2.38. The topological polar surface area (TPSA) is 26.3 Å². The van der Waals surface area contributed by atoms with Crippen LogP contribution in [-0.4, -0.2) is 11.6 Å². The van der Waals surface area contributed by atoms with E-state index in [1.807, 2.05) is 24.3 Å². The monoisotopic (exact) mass is 222 g/mol. The number of hydrogen-bond donors (Lipinski definition) is 0. The molecule has 1 aliphatic rings. The molecule has 0 bridgehead atoms. The molecule has 3 rings (SSSR count). The number of hydroxylamine groups is 2. The summed E-state index contributed by atoms with van der Waals surface area (Å²) in [6.45, 7) is 0.442. The second-order valence-electron chi connectivity index (χ2n) is 4.15. The van der Waals surface area contributed by atoms with Crippen LogP contribution in [0.15, 0.2) is 60.8 Å². The molecule has 0 aromatic heterocycles. The summed E-state index contributed by atoms with van der Waals surface area (Å²) in [6.07, 6.45) is 5.53. The third kappa shape index (κ3) is 1.95. The molecule has 17 heavy (non-hydrogen) atoms. The first-order valence-corrected chi connectivity index (χ1v) is 5.64. The molecular formula is C15H12NO-. The van der Waals surface area contributed by atoms with Gasteiger partial charge in [-0.2, -0.15) is 0 Å². The number of rotatable bonds is 1. The molecule has 0 atom stereocenters. The van der Waals surface area contributed by atoms with E-state index in [9.17, 15) is 5.21 Å². The zero-order chi connectivity index (χ0) is 11.7. The fourth-order valence-corrected chi connectivity index (χ4v) is 2.07. The van der Waals surface area contributed by atoms with E-state index in [0.717, 1.165) is 16.2 Å². The Morgan fingerprint density at radius 1 is 1.00 bits per heavy atom. The van der Waals surface area contributed by atoms with Crippen LogP contribution in [-0.2, 0) is 0 Å². The van der Waals surface area contributed by atoms with Crippen molar-refractivity contribution in [2.45, 2.75) is 0 Å². The maximum atomic E-state index is 11.3. The Balaban J connectivity index is 2.09. The van der Waals surface area contributed by atoms with Gasteiger partial charge in [0.25, 0.3) is 0 Å². The minimum Gasteiger partial charge on any atom is -0.758 e. The molecule has 1 aliphatic heterocycles. The summed E-state index contributed by atoms with van der Waals surface area (Å²) in [5, 5.41) is 14.7. The summed E-state index contributed by atoms with van der Waals surface area (Å²) >= 11 is 0. The lowest BCUT2D eigenvalue weighted by molar-refractivity contribution is 0.567. The van der Waals surface area contributed by atoms with Gasteiger partial charge in [-0.05, 0) is 34.2 Å². The molecule has 1 heterocycles. The predicted molar refractivity (Wildman–Crippen MR) is 71.1 cm³/mol. The van der Waals surface area contributed by atoms with E-state index in [4.69, 9.17) is 0 Å². The molecule has 0 radical (unpaired) electrons. The predicted octanol–water partition coefficient (Wildman–Crippen LogP) is 3.55. The summed E-state index contributed by atoms with van der Waals surface area (Å²) < 4.78 is 0. The van der Waals surface area contributed by atoms with Crippen LogP contribution in [0.5, 0.6) is 0 Å². The van der Waals surface area contributed by atoms with Gasteiger partial charge in [-0.25, -0.2) is 0 Å². The van der Waals surface area contributed by atoms with Gasteiger partial charge in [-0.3, -0.25) is 0 Å². The Hall–Kier alpha value is -2.06. The van der Waals surface area contributed by atoms with Gasteiger partial charge in [-0.1, -0.05) is 48.6 Å². The third-order valence-corrected chi connectivity index (χ3v) is 2.95. The zero-order valence-electron chi connectivity index (χ0n) is 9.34. The summed E-state index contributed by atoms with van der Waals surface area (Å²) in [6, 6.07) is 14.5. The van der Waals surface area contributed by atoms with Crippen molar-refractivity contribution in [2.24, 2.45) is 0 Å². The first-order valence-electron chi connectivity index (χ1n) is 5.64. The minimum absolute atomic E-state index is 0.442. The molecule has 0 saturated heterocycles. The number of allylic oxidation sites excluding steroid dienone is 2. The van der Waals surface area contributed by atoms with Crippen molar-refractivity contribution in [2.75, 3.05) is 6.54 Å². The van der Waals surface area contributed by atoms with Crippen LogP contribution in [0.2, 0.25) is 0 Å². The molecule has 2 nitrogen and oxygen atoms in total. The Morgan fingerprint density at radius 2 is 1.82 bits per heavy atom. The molecule has 0 aliphatic carbocycles. The minimum atomic E-state index is 0.442. The molecule has 84 valence electrons. The van der Waals surface area contributed by atoms with Crippen LogP contribution in [0.3, 0.4) is 0 Å². The maximum absolute atomic E-state index is 11.3. The lowest BCUT2D eigenvalue weighted by Gasteiger charge is -2.28. The van der Waals surface area contributed by atoms with Gasteiger partial charge in [0.05, 0.1) is 0 Å². The van der Waals surface area contributed by atoms with Crippen LogP contribution in [0, 0.1) is 5.21 Å². The van der Waals surface area contributed by atoms with E-state index in [2.05, 4.69) is 30.3 Å². The summed E-state index contributed by atoms with van der Waals surface area (Å²) in [5.41, 5.74) is 2.05. The molecule has 0 spiro atoms. The second kappa shape index (κ2) is 4.07. The van der Waals surface area contributed by atoms with Gasteiger partial charge in [0.1, 0.15) is 0 Å². The van der Waals surface area contributed by atoms with Crippen molar-refractivity contribution in [3.63, 3.8) is 0 Å². The van der Waals surface area contributed by atoms with Crippen LogP contribution in [0.1, 0.15) is 5.56 Å². The highest BCUT2D eigenvalue weighted by atomic mass is 16.5. The van der Waals surface area contributed by atoms with Crippen LogP contribution < -0.4 is 0 Å². The Labute approximate surface area is 100 Å². The first kappa shape index (κ1) is 10.1. The van der Waals surface area contributed by atoms with Gasteiger partial charge >= 0.3 is 0 Å². The van der Waals surface area contributed by atoms with E-state index in [1.165, 1.54) is 10.8 Å². The Kier molecular flexibility index (Phi) is 2.42. The zero-order valence-corrected chi connectivity index (χ0v) is 9.34. The number of benzene rings is 2. The Bertz CT molecular complexity index is 613. The fourth-order valence-electron chi connectivity index (χ4n) is 2.07. The molecule has 0 fully saturated rings. The summed E-state index contributed by atoms with van der Waals surface area (Å²) in [7, 11) is 0. The fraction of sp³-hybridized carbons (Fsp3) is 0.0667. The highest BCUT2D eigenvalue weighted by molar-refractivity contribution is 5.87. The largest absolute Gasteiger partial charge is 0.758 e. The van der Waals surface area contributed by atoms with Gasteiger partial charge in [-0.15, -0.1) is 0 Å². The van der Waals surface area contributed by atoms with Crippen molar-refractivity contribution in [1.82, 2.24) is 5.06 Å². The SMILES string of the molecule is [O-]N1C=C(c2ccc3ccccc3c2)C=CC1. The lowest BCUT2D eigenvalue weighted by atomic mass is 10.0. The number of hydrogen-bond acceptors (Lipinski definition) is 2. The van der Waals surface area contributed by atoms with Crippen molar-refractivity contribution in [1.29, 1.82) is 0 Å². The summed E-state index contributed by atoms with van der Waals surface area (Å²) in [4.78, 5) is 0. The van der Waals surface area contributed by atoms with Crippen molar-refractivity contribution in [3.8, 4) is 0 Å². The van der Waals surface area contributed by atoms with Crippen molar-refractivity contribution in [3.05, 3.63) is 71.6 Å². The molecule has 0 amide bonds. The molecule has 2 aromatic carbocycles. The molecule has 2 heteroatoms. The van der Waals surface area contributed by atoms with E-state index in [-0.39, 0.29) is 0 Å². The van der Waals surface area contributed by atoms with E-state index < -0.39 is 0 Å². The molecular weight excluding hydrogens is 210 g/mol. The summed E-state index contributed by atoms with van der Waals surface area (Å²) in [5.74, 6) is 0. The van der Waals surface area contributed by atoms with Crippen molar-refractivity contribution >= 4 is 16.3 Å². The number of nitrogens with zero attached hydrogens (tertiary/aromatic N) is 1. The smallest absolute Gasteiger partial charge is 0.0243 e. The van der Waals surface area contributed by atoms with Crippen LogP contribution in [0.25, 0.3) is 16.3 Å². The quantitative estimate of drug-likeness (QED) is 0.737. The van der Waals surface area contributed by atoms with Crippen molar-refractivity contribution < 1.29 is 0 Å². The third-order valence-electron chi connectivity index (χ3n) is 2.95. The maximum Gasteiger partial charge on any atom is 0.0243 e. The van der Waals surface area contributed by atoms with E-state index >= 15 is 0 Å².